The van der Waals surface area contributed by atoms with Gasteiger partial charge in [0, 0.05) is 64.7 Å². The summed E-state index contributed by atoms with van der Waals surface area (Å²) in [4.78, 5) is 14.3. The van der Waals surface area contributed by atoms with E-state index >= 15 is 0 Å². The van der Waals surface area contributed by atoms with Gasteiger partial charge in [-0.3, -0.25) is 0 Å². The molecular formula is C22H38N6O. The lowest BCUT2D eigenvalue weighted by atomic mass is 9.67. The molecule has 1 aliphatic carbocycles. The second-order valence-corrected chi connectivity index (χ2v) is 8.42. The van der Waals surface area contributed by atoms with Crippen molar-refractivity contribution in [3.05, 3.63) is 23.9 Å². The van der Waals surface area contributed by atoms with Crippen LogP contribution in [0.2, 0.25) is 0 Å². The first-order chi connectivity index (χ1) is 14.2. The number of aliphatic imine (C=N–C) groups is 1. The van der Waals surface area contributed by atoms with E-state index in [0.29, 0.717) is 12.0 Å². The number of likely N-dealkylation sites (N-methyl/N-ethyl adjacent to an activating group) is 1. The Balaban J connectivity index is 1.63. The molecule has 0 aromatic carbocycles. The maximum absolute atomic E-state index is 5.32. The van der Waals surface area contributed by atoms with Gasteiger partial charge in [0.05, 0.1) is 6.54 Å². The Labute approximate surface area is 175 Å². The van der Waals surface area contributed by atoms with Gasteiger partial charge >= 0.3 is 0 Å². The molecule has 1 saturated heterocycles. The van der Waals surface area contributed by atoms with E-state index in [2.05, 4.69) is 45.5 Å². The predicted molar refractivity (Wildman–Crippen MR) is 120 cm³/mol. The fraction of sp³-hybridized carbons (Fsp3) is 0.727. The third kappa shape index (κ3) is 6.06. The van der Waals surface area contributed by atoms with E-state index in [0.717, 1.165) is 64.1 Å². The van der Waals surface area contributed by atoms with Crippen molar-refractivity contribution in [3.63, 3.8) is 0 Å². The van der Waals surface area contributed by atoms with Crippen molar-refractivity contribution in [1.82, 2.24) is 20.5 Å². The summed E-state index contributed by atoms with van der Waals surface area (Å²) in [7, 11) is 3.97. The smallest absolute Gasteiger partial charge is 0.191 e. The Kier molecular flexibility index (Phi) is 8.12. The third-order valence-electron chi connectivity index (χ3n) is 6.30. The fourth-order valence-corrected chi connectivity index (χ4v) is 4.14. The summed E-state index contributed by atoms with van der Waals surface area (Å²) >= 11 is 0. The van der Waals surface area contributed by atoms with Gasteiger partial charge in [-0.25, -0.2) is 9.98 Å². The molecule has 0 amide bonds. The van der Waals surface area contributed by atoms with E-state index in [1.54, 1.807) is 7.11 Å². The second kappa shape index (κ2) is 10.8. The number of piperazine rings is 1. The largest absolute Gasteiger partial charge is 0.385 e. The molecule has 2 fully saturated rings. The Morgan fingerprint density at radius 2 is 2.03 bits per heavy atom. The Morgan fingerprint density at radius 1 is 1.24 bits per heavy atom. The number of methoxy groups -OCH3 is 1. The minimum atomic E-state index is 0.367. The molecule has 1 aromatic rings. The maximum Gasteiger partial charge on any atom is 0.191 e. The summed E-state index contributed by atoms with van der Waals surface area (Å²) in [5, 5.41) is 6.99. The number of guanidine groups is 1. The molecule has 7 heteroatoms. The Bertz CT molecular complexity index is 652. The molecule has 0 atom stereocenters. The number of hydrogen-bond acceptors (Lipinski definition) is 5. The van der Waals surface area contributed by atoms with Gasteiger partial charge in [-0.05, 0) is 44.7 Å². The molecule has 1 aliphatic heterocycles. The van der Waals surface area contributed by atoms with Gasteiger partial charge in [-0.1, -0.05) is 12.5 Å². The van der Waals surface area contributed by atoms with E-state index in [9.17, 15) is 0 Å². The molecule has 7 nitrogen and oxygen atoms in total. The van der Waals surface area contributed by atoms with Crippen molar-refractivity contribution in [2.75, 3.05) is 64.9 Å². The van der Waals surface area contributed by atoms with Crippen LogP contribution in [0, 0.1) is 5.41 Å². The van der Waals surface area contributed by atoms with E-state index < -0.39 is 0 Å². The maximum atomic E-state index is 5.32. The van der Waals surface area contributed by atoms with Crippen LogP contribution in [0.1, 0.15) is 38.2 Å². The van der Waals surface area contributed by atoms with E-state index in [-0.39, 0.29) is 0 Å². The molecular weight excluding hydrogens is 364 g/mol. The average molecular weight is 403 g/mol. The highest BCUT2D eigenvalue weighted by molar-refractivity contribution is 5.79. The highest BCUT2D eigenvalue weighted by Crippen LogP contribution is 2.43. The zero-order valence-electron chi connectivity index (χ0n) is 18.4. The van der Waals surface area contributed by atoms with Gasteiger partial charge in [0.1, 0.15) is 5.82 Å². The van der Waals surface area contributed by atoms with Crippen LogP contribution in [0.25, 0.3) is 0 Å². The first-order valence-electron chi connectivity index (χ1n) is 11.0. The highest BCUT2D eigenvalue weighted by Gasteiger charge is 2.36. The van der Waals surface area contributed by atoms with Crippen LogP contribution in [0.4, 0.5) is 5.82 Å². The Hall–Kier alpha value is -1.86. The lowest BCUT2D eigenvalue weighted by molar-refractivity contribution is 0.0732. The van der Waals surface area contributed by atoms with Crippen molar-refractivity contribution < 1.29 is 4.74 Å². The summed E-state index contributed by atoms with van der Waals surface area (Å²) in [6.07, 6.45) is 6.88. The van der Waals surface area contributed by atoms with Crippen LogP contribution in [-0.4, -0.2) is 75.9 Å². The van der Waals surface area contributed by atoms with Gasteiger partial charge in [-0.15, -0.1) is 0 Å². The number of aromatic nitrogens is 1. The van der Waals surface area contributed by atoms with Crippen LogP contribution in [0.5, 0.6) is 0 Å². The fourth-order valence-electron chi connectivity index (χ4n) is 4.14. The summed E-state index contributed by atoms with van der Waals surface area (Å²) in [5.41, 5.74) is 1.55. The van der Waals surface area contributed by atoms with Crippen molar-refractivity contribution >= 4 is 11.8 Å². The van der Waals surface area contributed by atoms with Gasteiger partial charge < -0.3 is 25.2 Å². The van der Waals surface area contributed by atoms with Gasteiger partial charge in [0.2, 0.25) is 0 Å². The van der Waals surface area contributed by atoms with Crippen LogP contribution >= 0.6 is 0 Å². The monoisotopic (exact) mass is 402 g/mol. The van der Waals surface area contributed by atoms with Crippen molar-refractivity contribution in [1.29, 1.82) is 0 Å². The molecule has 29 heavy (non-hydrogen) atoms. The number of nitrogens with one attached hydrogen (secondary N) is 2. The number of rotatable bonds is 9. The zero-order valence-corrected chi connectivity index (χ0v) is 18.4. The summed E-state index contributed by atoms with van der Waals surface area (Å²) in [6, 6.07) is 4.17. The van der Waals surface area contributed by atoms with Gasteiger partial charge in [0.25, 0.3) is 0 Å². The molecule has 1 saturated carbocycles. The first-order valence-corrected chi connectivity index (χ1v) is 11.0. The van der Waals surface area contributed by atoms with Crippen LogP contribution in [0.15, 0.2) is 23.3 Å². The third-order valence-corrected chi connectivity index (χ3v) is 6.30. The van der Waals surface area contributed by atoms with Gasteiger partial charge in [0.15, 0.2) is 5.96 Å². The van der Waals surface area contributed by atoms with E-state index in [4.69, 9.17) is 9.73 Å². The minimum absolute atomic E-state index is 0.367. The first kappa shape index (κ1) is 21.8. The SMILES string of the molecule is CCNC(=NCc1cccnc1N1CCN(C)CC1)NCC1(CCOC)CCC1. The second-order valence-electron chi connectivity index (χ2n) is 8.42. The van der Waals surface area contributed by atoms with Crippen LogP contribution in [-0.2, 0) is 11.3 Å². The molecule has 162 valence electrons. The molecule has 0 radical (unpaired) electrons. The number of pyridine rings is 1. The summed E-state index contributed by atoms with van der Waals surface area (Å²) in [6.45, 7) is 9.58. The molecule has 2 heterocycles. The van der Waals surface area contributed by atoms with Gasteiger partial charge in [-0.2, -0.15) is 0 Å². The summed E-state index contributed by atoms with van der Waals surface area (Å²) < 4.78 is 5.32. The van der Waals surface area contributed by atoms with Crippen molar-refractivity contribution in [2.24, 2.45) is 10.4 Å². The molecule has 2 N–H and O–H groups in total. The molecule has 3 rings (SSSR count). The normalized spacial score (nSPS) is 19.7. The van der Waals surface area contributed by atoms with Crippen molar-refractivity contribution in [3.8, 4) is 0 Å². The van der Waals surface area contributed by atoms with E-state index in [1.807, 2.05) is 12.3 Å². The number of hydrogen-bond donors (Lipinski definition) is 2. The number of nitrogens with zero attached hydrogens (tertiary/aromatic N) is 4. The lowest BCUT2D eigenvalue weighted by Gasteiger charge is -2.42. The number of anilines is 1. The highest BCUT2D eigenvalue weighted by atomic mass is 16.5. The minimum Gasteiger partial charge on any atom is -0.385 e. The summed E-state index contributed by atoms with van der Waals surface area (Å²) in [5.74, 6) is 1.97. The molecule has 1 aromatic heterocycles. The molecule has 2 aliphatic rings. The Morgan fingerprint density at radius 3 is 2.69 bits per heavy atom. The van der Waals surface area contributed by atoms with Crippen molar-refractivity contribution in [2.45, 2.75) is 39.2 Å². The zero-order chi connectivity index (χ0) is 20.5. The number of ether oxygens (including phenoxy) is 1. The van der Waals surface area contributed by atoms with Crippen LogP contribution < -0.4 is 15.5 Å². The standard InChI is InChI=1S/C22H38N6O/c1-4-23-21(26-18-22(8-6-9-22)10-16-29-3)25-17-19-7-5-11-24-20(19)28-14-12-27(2)13-15-28/h5,7,11H,4,6,8-10,12-18H2,1-3H3,(H2,23,25,26). The topological polar surface area (TPSA) is 65.0 Å². The van der Waals surface area contributed by atoms with E-state index in [1.165, 1.54) is 24.8 Å². The van der Waals surface area contributed by atoms with Crippen LogP contribution in [0.3, 0.4) is 0 Å². The predicted octanol–water partition coefficient (Wildman–Crippen LogP) is 2.10. The molecule has 0 unspecified atom stereocenters. The molecule has 0 spiro atoms. The lowest BCUT2D eigenvalue weighted by Crippen LogP contribution is -2.47. The molecule has 0 bridgehead atoms. The quantitative estimate of drug-likeness (QED) is 0.487. The average Bonchev–Trinajstić information content (AvgIpc) is 2.71.